The van der Waals surface area contributed by atoms with Gasteiger partial charge < -0.3 is 27.8 Å². The third kappa shape index (κ3) is 9.76. The Morgan fingerprint density at radius 2 is 0.812 bits per heavy atom. The Morgan fingerprint density at radius 1 is 0.438 bits per heavy atom. The second-order valence-corrected chi connectivity index (χ2v) is 20.6. The summed E-state index contributed by atoms with van der Waals surface area (Å²) < 4.78 is 96.0. The largest absolute Gasteiger partial charge is 0.490 e. The van der Waals surface area contributed by atoms with Crippen LogP contribution in [0.15, 0.2) is 164 Å². The zero-order valence-electron chi connectivity index (χ0n) is 33.9. The predicted octanol–water partition coefficient (Wildman–Crippen LogP) is 10.5. The van der Waals surface area contributed by atoms with Crippen LogP contribution < -0.4 is 28.4 Å². The number of benzene rings is 6. The Morgan fingerprint density at radius 3 is 1.22 bits per heavy atom. The summed E-state index contributed by atoms with van der Waals surface area (Å²) in [6, 6.07) is 42.2. The molecule has 2 atom stereocenters. The molecule has 2 N–H and O–H groups in total. The van der Waals surface area contributed by atoms with Crippen LogP contribution in [0.1, 0.15) is 47.6 Å². The molecule has 64 heavy (non-hydrogen) atoms. The third-order valence-corrected chi connectivity index (χ3v) is 15.3. The molecule has 6 aromatic carbocycles. The van der Waals surface area contributed by atoms with Crippen LogP contribution in [0, 0.1) is 7.14 Å². The Hall–Kier alpha value is -5.12. The standard InChI is InChI=1S/2C24H20INO5S/c2*25-19-8-3-2-7-18(19)24(23-14-16-6-1-4-9-20(16)31-23)26-32(27,28)17-10-11-21-22(15-17)30-13-5-12-29-21/h2*1-4,6-11,14-15,24,26H,5,12-13H2/t2*24-/m10/s1. The number of para-hydroxylation sites is 2. The smallest absolute Gasteiger partial charge is 0.241 e. The highest BCUT2D eigenvalue weighted by Gasteiger charge is 2.30. The van der Waals surface area contributed by atoms with Gasteiger partial charge in [-0.3, -0.25) is 0 Å². The van der Waals surface area contributed by atoms with Gasteiger partial charge in [0.25, 0.3) is 0 Å². The minimum absolute atomic E-state index is 0.105. The van der Waals surface area contributed by atoms with E-state index in [1.165, 1.54) is 24.3 Å². The summed E-state index contributed by atoms with van der Waals surface area (Å²) in [7, 11) is -7.81. The van der Waals surface area contributed by atoms with E-state index in [1.54, 1.807) is 12.1 Å². The van der Waals surface area contributed by atoms with Crippen LogP contribution in [0.25, 0.3) is 21.9 Å². The van der Waals surface area contributed by atoms with Crippen molar-refractivity contribution < 1.29 is 44.6 Å². The highest BCUT2D eigenvalue weighted by atomic mass is 127. The second-order valence-electron chi connectivity index (χ2n) is 14.8. The Bertz CT molecular complexity index is 2910. The highest BCUT2D eigenvalue weighted by molar-refractivity contribution is 14.1. The molecule has 2 aliphatic rings. The van der Waals surface area contributed by atoms with E-state index in [-0.39, 0.29) is 9.79 Å². The molecule has 2 aromatic heterocycles. The first-order valence-electron chi connectivity index (χ1n) is 20.3. The number of rotatable bonds is 10. The van der Waals surface area contributed by atoms with Gasteiger partial charge in [-0.15, -0.1) is 0 Å². The van der Waals surface area contributed by atoms with Crippen LogP contribution >= 0.6 is 45.2 Å². The van der Waals surface area contributed by atoms with E-state index in [0.717, 1.165) is 41.9 Å². The van der Waals surface area contributed by atoms with Crippen molar-refractivity contribution in [3.63, 3.8) is 0 Å². The molecule has 0 amide bonds. The molecule has 0 spiro atoms. The zero-order chi connectivity index (χ0) is 44.3. The van der Waals surface area contributed by atoms with Gasteiger partial charge in [0.15, 0.2) is 23.0 Å². The van der Waals surface area contributed by atoms with Gasteiger partial charge in [0.1, 0.15) is 34.8 Å². The maximum Gasteiger partial charge on any atom is 0.241 e. The molecular weight excluding hydrogens is 1080 g/mol. The highest BCUT2D eigenvalue weighted by Crippen LogP contribution is 2.37. The van der Waals surface area contributed by atoms with Crippen molar-refractivity contribution in [3.05, 3.63) is 175 Å². The molecule has 8 aromatic rings. The lowest BCUT2D eigenvalue weighted by Gasteiger charge is -2.19. The SMILES string of the molecule is O=S(=O)(N[C@@H](c1cc2ccccc2o1)c1ccccc1I)c1ccc2c(c1)OCCCO2.O=S(=O)(N[C@H](c1cc2ccccc2o1)c1ccccc1I)c1ccc2c(c1)OCCCO2. The monoisotopic (exact) mass is 1120 g/mol. The fourth-order valence-corrected chi connectivity index (χ4v) is 11.1. The number of sulfonamides is 2. The molecule has 328 valence electrons. The van der Waals surface area contributed by atoms with Crippen LogP contribution in [-0.2, 0) is 20.0 Å². The summed E-state index contributed by atoms with van der Waals surface area (Å²) in [5.41, 5.74) is 3.02. The maximum atomic E-state index is 13.4. The lowest BCUT2D eigenvalue weighted by Crippen LogP contribution is -2.29. The molecule has 16 heteroatoms. The number of furan rings is 2. The molecule has 0 radical (unpaired) electrons. The normalized spacial score (nSPS) is 14.8. The van der Waals surface area contributed by atoms with Gasteiger partial charge in [-0.1, -0.05) is 72.8 Å². The minimum atomic E-state index is -3.90. The number of hydrogen-bond donors (Lipinski definition) is 2. The van der Waals surface area contributed by atoms with E-state index < -0.39 is 32.1 Å². The van der Waals surface area contributed by atoms with E-state index in [9.17, 15) is 16.8 Å². The van der Waals surface area contributed by atoms with E-state index in [4.69, 9.17) is 27.8 Å². The van der Waals surface area contributed by atoms with Gasteiger partial charge >= 0.3 is 0 Å². The van der Waals surface area contributed by atoms with Gasteiger partial charge in [0, 0.05) is 42.9 Å². The number of nitrogens with one attached hydrogen (secondary N) is 2. The van der Waals surface area contributed by atoms with Crippen LogP contribution in [0.2, 0.25) is 0 Å². The zero-order valence-corrected chi connectivity index (χ0v) is 39.9. The maximum absolute atomic E-state index is 13.4. The van der Waals surface area contributed by atoms with Gasteiger partial charge in [-0.25, -0.2) is 16.8 Å². The van der Waals surface area contributed by atoms with E-state index in [1.807, 2.05) is 109 Å². The summed E-state index contributed by atoms with van der Waals surface area (Å²) in [5, 5.41) is 1.82. The van der Waals surface area contributed by atoms with Gasteiger partial charge in [0.2, 0.25) is 20.0 Å². The Balaban J connectivity index is 0.000000162. The molecule has 0 saturated heterocycles. The van der Waals surface area contributed by atoms with Crippen molar-refractivity contribution in [3.8, 4) is 23.0 Å². The van der Waals surface area contributed by atoms with Crippen molar-refractivity contribution in [1.82, 2.24) is 9.44 Å². The third-order valence-electron chi connectivity index (χ3n) is 10.5. The van der Waals surface area contributed by atoms with Crippen molar-refractivity contribution in [2.75, 3.05) is 26.4 Å². The average Bonchev–Trinajstić information content (AvgIpc) is 3.76. The molecular formula is C48H40I2N2O10S2. The molecule has 4 heterocycles. The number of fused-ring (bicyclic) bond motifs is 4. The molecule has 10 rings (SSSR count). The summed E-state index contributed by atoms with van der Waals surface area (Å²) >= 11 is 4.41. The predicted molar refractivity (Wildman–Crippen MR) is 259 cm³/mol. The van der Waals surface area contributed by atoms with Crippen LogP contribution in [0.5, 0.6) is 23.0 Å². The first-order chi connectivity index (χ1) is 31.0. The van der Waals surface area contributed by atoms with Crippen molar-refractivity contribution in [1.29, 1.82) is 0 Å². The lowest BCUT2D eigenvalue weighted by atomic mass is 10.1. The lowest BCUT2D eigenvalue weighted by molar-refractivity contribution is 0.296. The van der Waals surface area contributed by atoms with Crippen molar-refractivity contribution in [2.45, 2.75) is 34.7 Å². The molecule has 0 saturated carbocycles. The molecule has 12 nitrogen and oxygen atoms in total. The minimum Gasteiger partial charge on any atom is -0.490 e. The summed E-state index contributed by atoms with van der Waals surface area (Å²) in [6.07, 6.45) is 1.49. The van der Waals surface area contributed by atoms with Crippen LogP contribution in [0.3, 0.4) is 0 Å². The Kier molecular flexibility index (Phi) is 13.2. The number of ether oxygens (including phenoxy) is 4. The molecule has 0 fully saturated rings. The summed E-state index contributed by atoms with van der Waals surface area (Å²) in [4.78, 5) is 0.211. The van der Waals surface area contributed by atoms with E-state index in [2.05, 4.69) is 54.6 Å². The van der Waals surface area contributed by atoms with Crippen LogP contribution in [-0.4, -0.2) is 43.3 Å². The van der Waals surface area contributed by atoms with Crippen molar-refractivity contribution in [2.24, 2.45) is 0 Å². The quantitative estimate of drug-likeness (QED) is 0.126. The average molecular weight is 1120 g/mol. The fourth-order valence-electron chi connectivity index (χ4n) is 7.33. The van der Waals surface area contributed by atoms with Gasteiger partial charge in [-0.05, 0) is 117 Å². The van der Waals surface area contributed by atoms with E-state index in [0.29, 0.717) is 72.1 Å². The van der Waals surface area contributed by atoms with Gasteiger partial charge in [-0.2, -0.15) is 9.44 Å². The summed E-state index contributed by atoms with van der Waals surface area (Å²) in [5.74, 6) is 3.00. The van der Waals surface area contributed by atoms with E-state index >= 15 is 0 Å². The first kappa shape index (κ1) is 44.1. The molecule has 2 aliphatic heterocycles. The number of hydrogen-bond acceptors (Lipinski definition) is 10. The molecule has 0 aliphatic carbocycles. The fraction of sp³-hybridized carbons (Fsp3) is 0.167. The summed E-state index contributed by atoms with van der Waals surface area (Å²) in [6.45, 7) is 2.04. The van der Waals surface area contributed by atoms with Gasteiger partial charge in [0.05, 0.1) is 36.2 Å². The molecule has 0 unspecified atom stereocenters. The topological polar surface area (TPSA) is 156 Å². The second kappa shape index (κ2) is 19.2. The number of halogens is 2. The Labute approximate surface area is 397 Å². The first-order valence-corrected chi connectivity index (χ1v) is 25.4. The molecule has 0 bridgehead atoms. The van der Waals surface area contributed by atoms with Crippen molar-refractivity contribution >= 4 is 87.2 Å². The van der Waals surface area contributed by atoms with Crippen LogP contribution in [0.4, 0.5) is 0 Å².